The molecule has 0 saturated carbocycles. The van der Waals surface area contributed by atoms with E-state index in [-0.39, 0.29) is 5.82 Å². The molecule has 4 heteroatoms. The second-order valence-corrected chi connectivity index (χ2v) is 6.04. The van der Waals surface area contributed by atoms with Crippen molar-refractivity contribution in [2.24, 2.45) is 5.73 Å². The molecule has 0 bridgehead atoms. The number of benzene rings is 1. The Hall–Kier alpha value is -0.970. The van der Waals surface area contributed by atoms with E-state index >= 15 is 0 Å². The zero-order valence-electron chi connectivity index (χ0n) is 12.0. The van der Waals surface area contributed by atoms with Crippen molar-refractivity contribution in [1.82, 2.24) is 9.80 Å². The van der Waals surface area contributed by atoms with Crippen molar-refractivity contribution < 1.29 is 4.39 Å². The first-order valence-corrected chi connectivity index (χ1v) is 7.70. The molecule has 0 radical (unpaired) electrons. The Balaban J connectivity index is 1.67. The first-order valence-electron chi connectivity index (χ1n) is 7.70. The maximum atomic E-state index is 13.4. The summed E-state index contributed by atoms with van der Waals surface area (Å²) in [5.41, 5.74) is 7.88. The number of piperidine rings is 1. The summed E-state index contributed by atoms with van der Waals surface area (Å²) in [6.45, 7) is 5.91. The van der Waals surface area contributed by atoms with Gasteiger partial charge >= 0.3 is 0 Å². The lowest BCUT2D eigenvalue weighted by Crippen LogP contribution is -2.54. The monoisotopic (exact) mass is 277 g/mol. The highest BCUT2D eigenvalue weighted by molar-refractivity contribution is 5.27. The molecule has 2 heterocycles. The maximum Gasteiger partial charge on any atom is 0.123 e. The van der Waals surface area contributed by atoms with E-state index in [1.54, 1.807) is 6.07 Å². The predicted octanol–water partition coefficient (Wildman–Crippen LogP) is 1.95. The largest absolute Gasteiger partial charge is 0.326 e. The summed E-state index contributed by atoms with van der Waals surface area (Å²) in [4.78, 5) is 5.08. The first kappa shape index (κ1) is 14.0. The molecule has 2 N–H and O–H groups in total. The molecule has 2 fully saturated rings. The second kappa shape index (κ2) is 6.20. The summed E-state index contributed by atoms with van der Waals surface area (Å²) in [7, 11) is 0. The van der Waals surface area contributed by atoms with Crippen LogP contribution >= 0.6 is 0 Å². The highest BCUT2D eigenvalue weighted by Crippen LogP contribution is 2.23. The molecule has 0 spiro atoms. The fourth-order valence-corrected chi connectivity index (χ4v) is 3.55. The molecule has 2 saturated heterocycles. The summed E-state index contributed by atoms with van der Waals surface area (Å²) in [6.07, 6.45) is 4.00. The minimum atomic E-state index is -0.159. The van der Waals surface area contributed by atoms with E-state index in [2.05, 4.69) is 9.80 Å². The van der Waals surface area contributed by atoms with Gasteiger partial charge in [0.2, 0.25) is 0 Å². The molecule has 3 nitrogen and oxygen atoms in total. The van der Waals surface area contributed by atoms with Gasteiger partial charge in [-0.1, -0.05) is 12.5 Å². The number of rotatable bonds is 3. The summed E-state index contributed by atoms with van der Waals surface area (Å²) in [5.74, 6) is -0.159. The number of nitrogens with two attached hydrogens (primary N) is 1. The molecule has 1 atom stereocenters. The van der Waals surface area contributed by atoms with Gasteiger partial charge in [0.05, 0.1) is 0 Å². The van der Waals surface area contributed by atoms with Gasteiger partial charge in [-0.3, -0.25) is 9.80 Å². The normalized spacial score (nSPS) is 24.6. The van der Waals surface area contributed by atoms with Crippen LogP contribution in [0.5, 0.6) is 0 Å². The van der Waals surface area contributed by atoms with Crippen molar-refractivity contribution in [2.75, 3.05) is 26.2 Å². The van der Waals surface area contributed by atoms with Gasteiger partial charge in [0.25, 0.3) is 0 Å². The highest BCUT2D eigenvalue weighted by atomic mass is 19.1. The van der Waals surface area contributed by atoms with Crippen molar-refractivity contribution in [1.29, 1.82) is 0 Å². The van der Waals surface area contributed by atoms with Gasteiger partial charge in [0, 0.05) is 38.8 Å². The van der Waals surface area contributed by atoms with Crippen LogP contribution in [0, 0.1) is 5.82 Å². The van der Waals surface area contributed by atoms with Crippen LogP contribution < -0.4 is 5.73 Å². The van der Waals surface area contributed by atoms with E-state index in [4.69, 9.17) is 5.73 Å². The topological polar surface area (TPSA) is 32.5 Å². The van der Waals surface area contributed by atoms with E-state index in [1.807, 2.05) is 6.07 Å². The Kier molecular flexibility index (Phi) is 4.34. The Morgan fingerprint density at radius 1 is 1.15 bits per heavy atom. The molecule has 0 aromatic heterocycles. The van der Waals surface area contributed by atoms with Gasteiger partial charge < -0.3 is 5.73 Å². The molecular weight excluding hydrogens is 253 g/mol. The van der Waals surface area contributed by atoms with Crippen LogP contribution in [0.3, 0.4) is 0 Å². The molecular formula is C16H24FN3. The van der Waals surface area contributed by atoms with Gasteiger partial charge in [-0.15, -0.1) is 0 Å². The lowest BCUT2D eigenvalue weighted by atomic mass is 9.98. The van der Waals surface area contributed by atoms with Gasteiger partial charge in [0.15, 0.2) is 0 Å². The van der Waals surface area contributed by atoms with Crippen molar-refractivity contribution in [2.45, 2.75) is 38.4 Å². The average Bonchev–Trinajstić information content (AvgIpc) is 2.47. The number of nitrogens with zero attached hydrogens (tertiary/aromatic N) is 2. The fourth-order valence-electron chi connectivity index (χ4n) is 3.55. The Bertz CT molecular complexity index is 463. The van der Waals surface area contributed by atoms with Crippen LogP contribution in [-0.2, 0) is 13.1 Å². The quantitative estimate of drug-likeness (QED) is 0.916. The number of hydrogen-bond acceptors (Lipinski definition) is 3. The smallest absolute Gasteiger partial charge is 0.123 e. The molecule has 2 aliphatic rings. The molecule has 1 unspecified atom stereocenters. The number of hydrogen-bond donors (Lipinski definition) is 1. The first-order chi connectivity index (χ1) is 9.76. The van der Waals surface area contributed by atoms with Crippen molar-refractivity contribution >= 4 is 0 Å². The van der Waals surface area contributed by atoms with E-state index in [9.17, 15) is 4.39 Å². The number of piperazine rings is 1. The van der Waals surface area contributed by atoms with Gasteiger partial charge in [0.1, 0.15) is 5.82 Å². The lowest BCUT2D eigenvalue weighted by molar-refractivity contribution is 0.0455. The molecule has 1 aromatic carbocycles. The summed E-state index contributed by atoms with van der Waals surface area (Å²) >= 11 is 0. The Morgan fingerprint density at radius 3 is 2.90 bits per heavy atom. The fraction of sp³-hybridized carbons (Fsp3) is 0.625. The molecule has 1 aromatic rings. The molecule has 2 aliphatic heterocycles. The molecule has 0 amide bonds. The van der Waals surface area contributed by atoms with Gasteiger partial charge in [-0.25, -0.2) is 4.39 Å². The van der Waals surface area contributed by atoms with Crippen molar-refractivity contribution in [3.8, 4) is 0 Å². The summed E-state index contributed by atoms with van der Waals surface area (Å²) in [5, 5.41) is 0. The highest BCUT2D eigenvalue weighted by Gasteiger charge is 2.28. The zero-order chi connectivity index (χ0) is 13.9. The second-order valence-electron chi connectivity index (χ2n) is 6.04. The average molecular weight is 277 g/mol. The van der Waals surface area contributed by atoms with Crippen LogP contribution in [0.2, 0.25) is 0 Å². The Labute approximate surface area is 120 Å². The van der Waals surface area contributed by atoms with E-state index < -0.39 is 0 Å². The molecule has 3 rings (SSSR count). The van der Waals surface area contributed by atoms with Crippen LogP contribution in [0.1, 0.15) is 30.4 Å². The number of fused-ring (bicyclic) bond motifs is 1. The zero-order valence-corrected chi connectivity index (χ0v) is 12.0. The molecule has 0 aliphatic carbocycles. The Morgan fingerprint density at radius 2 is 2.05 bits per heavy atom. The third-order valence-electron chi connectivity index (χ3n) is 4.70. The van der Waals surface area contributed by atoms with E-state index in [0.717, 1.165) is 37.3 Å². The van der Waals surface area contributed by atoms with Crippen LogP contribution in [0.15, 0.2) is 18.2 Å². The minimum Gasteiger partial charge on any atom is -0.326 e. The minimum absolute atomic E-state index is 0.159. The van der Waals surface area contributed by atoms with E-state index in [0.29, 0.717) is 12.6 Å². The predicted molar refractivity (Wildman–Crippen MR) is 78.8 cm³/mol. The van der Waals surface area contributed by atoms with Crippen molar-refractivity contribution in [3.63, 3.8) is 0 Å². The standard InChI is InChI=1S/C16H24FN3/c17-15-5-4-13(10-18)14(9-15)11-19-7-8-20-6-2-1-3-16(20)12-19/h4-5,9,16H,1-3,6-8,10-12,18H2. The summed E-state index contributed by atoms with van der Waals surface area (Å²) in [6, 6.07) is 5.68. The van der Waals surface area contributed by atoms with E-state index in [1.165, 1.54) is 31.9 Å². The van der Waals surface area contributed by atoms with Gasteiger partial charge in [-0.05, 0) is 42.6 Å². The van der Waals surface area contributed by atoms with Crippen LogP contribution in [-0.4, -0.2) is 42.0 Å². The third kappa shape index (κ3) is 3.03. The van der Waals surface area contributed by atoms with Crippen LogP contribution in [0.4, 0.5) is 4.39 Å². The summed E-state index contributed by atoms with van der Waals surface area (Å²) < 4.78 is 13.4. The third-order valence-corrected chi connectivity index (χ3v) is 4.70. The van der Waals surface area contributed by atoms with Crippen molar-refractivity contribution in [3.05, 3.63) is 35.1 Å². The number of halogens is 1. The lowest BCUT2D eigenvalue weighted by Gasteiger charge is -2.44. The maximum absolute atomic E-state index is 13.4. The SMILES string of the molecule is NCc1ccc(F)cc1CN1CCN2CCCCC2C1. The van der Waals surface area contributed by atoms with Gasteiger partial charge in [-0.2, -0.15) is 0 Å². The molecule has 110 valence electrons. The molecule has 20 heavy (non-hydrogen) atoms. The van der Waals surface area contributed by atoms with Crippen LogP contribution in [0.25, 0.3) is 0 Å².